The molecule has 2 unspecified atom stereocenters. The van der Waals surface area contributed by atoms with Crippen molar-refractivity contribution >= 4 is 40.8 Å². The summed E-state index contributed by atoms with van der Waals surface area (Å²) in [6, 6.07) is -0.554. The summed E-state index contributed by atoms with van der Waals surface area (Å²) in [4.78, 5) is 22.9. The first-order chi connectivity index (χ1) is 9.97. The van der Waals surface area contributed by atoms with Crippen molar-refractivity contribution < 1.29 is 14.3 Å². The topological polar surface area (TPSA) is 107 Å². The Labute approximate surface area is 140 Å². The van der Waals surface area contributed by atoms with Crippen LogP contribution in [0, 0.1) is 5.92 Å². The molecular formula is C13H23ClN4O3S. The average Bonchev–Trinajstić information content (AvgIpc) is 2.92. The molecule has 0 saturated heterocycles. The second-order valence-corrected chi connectivity index (χ2v) is 5.89. The zero-order chi connectivity index (χ0) is 15.8. The van der Waals surface area contributed by atoms with Gasteiger partial charge in [-0.15, -0.1) is 22.6 Å². The quantitative estimate of drug-likeness (QED) is 0.692. The number of anilines is 1. The monoisotopic (exact) mass is 350 g/mol. The van der Waals surface area contributed by atoms with Gasteiger partial charge in [0.2, 0.25) is 11.0 Å². The predicted molar refractivity (Wildman–Crippen MR) is 88.2 cm³/mol. The van der Waals surface area contributed by atoms with E-state index in [4.69, 9.17) is 5.73 Å². The number of halogens is 1. The predicted octanol–water partition coefficient (Wildman–Crippen LogP) is 1.77. The lowest BCUT2D eigenvalue weighted by atomic mass is 10.00. The van der Waals surface area contributed by atoms with Crippen molar-refractivity contribution in [1.29, 1.82) is 0 Å². The first kappa shape index (κ1) is 20.8. The highest BCUT2D eigenvalue weighted by molar-refractivity contribution is 7.15. The van der Waals surface area contributed by atoms with Gasteiger partial charge in [-0.25, -0.2) is 0 Å². The van der Waals surface area contributed by atoms with Gasteiger partial charge in [0.05, 0.1) is 13.2 Å². The lowest BCUT2D eigenvalue weighted by Crippen LogP contribution is -2.40. The van der Waals surface area contributed by atoms with Gasteiger partial charge in [-0.1, -0.05) is 31.6 Å². The number of aryl methyl sites for hydroxylation is 1. The number of hydrogen-bond donors (Lipinski definition) is 2. The Hall–Kier alpha value is -1.25. The maximum absolute atomic E-state index is 11.9. The number of rotatable bonds is 8. The molecule has 7 nitrogen and oxygen atoms in total. The van der Waals surface area contributed by atoms with E-state index in [-0.39, 0.29) is 30.2 Å². The van der Waals surface area contributed by atoms with Gasteiger partial charge in [0.15, 0.2) is 0 Å². The van der Waals surface area contributed by atoms with E-state index in [0.717, 1.165) is 11.4 Å². The zero-order valence-corrected chi connectivity index (χ0v) is 14.6. The van der Waals surface area contributed by atoms with Gasteiger partial charge in [-0.3, -0.25) is 14.9 Å². The van der Waals surface area contributed by atoms with Crippen LogP contribution in [0.5, 0.6) is 0 Å². The lowest BCUT2D eigenvalue weighted by Gasteiger charge is -2.16. The molecule has 0 bridgehead atoms. The standard InChI is InChI=1S/C13H22N4O3S.ClH/c1-4-8(2)11(14)12(19)15-13-17-16-9(21-13)6-5-7-10(18)20-3;/h8,11H,4-7,14H2,1-3H3,(H,15,17,19);1H. The zero-order valence-electron chi connectivity index (χ0n) is 13.0. The Morgan fingerprint density at radius 2 is 2.09 bits per heavy atom. The third-order valence-electron chi connectivity index (χ3n) is 3.26. The number of nitrogens with two attached hydrogens (primary N) is 1. The van der Waals surface area contributed by atoms with E-state index in [1.54, 1.807) is 0 Å². The van der Waals surface area contributed by atoms with Crippen LogP contribution in [0.15, 0.2) is 0 Å². The molecule has 22 heavy (non-hydrogen) atoms. The fraction of sp³-hybridized carbons (Fsp3) is 0.692. The Morgan fingerprint density at radius 1 is 1.41 bits per heavy atom. The molecule has 9 heteroatoms. The highest BCUT2D eigenvalue weighted by Gasteiger charge is 2.20. The number of methoxy groups -OCH3 is 1. The summed E-state index contributed by atoms with van der Waals surface area (Å²) >= 11 is 1.30. The van der Waals surface area contributed by atoms with Gasteiger partial charge in [0.25, 0.3) is 0 Å². The lowest BCUT2D eigenvalue weighted by molar-refractivity contribution is -0.140. The van der Waals surface area contributed by atoms with E-state index >= 15 is 0 Å². The van der Waals surface area contributed by atoms with Crippen molar-refractivity contribution in [2.75, 3.05) is 12.4 Å². The maximum atomic E-state index is 11.9. The molecule has 126 valence electrons. The van der Waals surface area contributed by atoms with Crippen molar-refractivity contribution in [3.63, 3.8) is 0 Å². The van der Waals surface area contributed by atoms with Crippen molar-refractivity contribution in [3.8, 4) is 0 Å². The van der Waals surface area contributed by atoms with Gasteiger partial charge in [0, 0.05) is 12.8 Å². The smallest absolute Gasteiger partial charge is 0.305 e. The van der Waals surface area contributed by atoms with Crippen LogP contribution in [0.3, 0.4) is 0 Å². The minimum atomic E-state index is -0.554. The number of carbonyl (C=O) groups is 2. The molecule has 1 heterocycles. The summed E-state index contributed by atoms with van der Waals surface area (Å²) in [7, 11) is 1.36. The Bertz CT molecular complexity index is 484. The molecular weight excluding hydrogens is 328 g/mol. The molecule has 1 aromatic heterocycles. The molecule has 2 atom stereocenters. The van der Waals surface area contributed by atoms with Crippen LogP contribution in [-0.4, -0.2) is 35.2 Å². The summed E-state index contributed by atoms with van der Waals surface area (Å²) < 4.78 is 4.56. The summed E-state index contributed by atoms with van der Waals surface area (Å²) in [5, 5.41) is 11.8. The molecule has 0 saturated carbocycles. The largest absolute Gasteiger partial charge is 0.469 e. The van der Waals surface area contributed by atoms with Crippen LogP contribution in [0.4, 0.5) is 5.13 Å². The third kappa shape index (κ3) is 6.67. The Kier molecular flexibility index (Phi) is 9.88. The summed E-state index contributed by atoms with van der Waals surface area (Å²) in [5.41, 5.74) is 5.85. The van der Waals surface area contributed by atoms with Gasteiger partial charge in [-0.05, 0) is 12.3 Å². The van der Waals surface area contributed by atoms with E-state index in [1.807, 2.05) is 13.8 Å². The van der Waals surface area contributed by atoms with E-state index < -0.39 is 6.04 Å². The molecule has 0 aliphatic carbocycles. The highest BCUT2D eigenvalue weighted by atomic mass is 35.5. The fourth-order valence-electron chi connectivity index (χ4n) is 1.59. The van der Waals surface area contributed by atoms with Crippen molar-refractivity contribution in [1.82, 2.24) is 10.2 Å². The molecule has 3 N–H and O–H groups in total. The van der Waals surface area contributed by atoms with Gasteiger partial charge in [-0.2, -0.15) is 0 Å². The van der Waals surface area contributed by atoms with Crippen molar-refractivity contribution in [3.05, 3.63) is 5.01 Å². The number of esters is 1. The van der Waals surface area contributed by atoms with Crippen LogP contribution < -0.4 is 11.1 Å². The second kappa shape index (κ2) is 10.5. The van der Waals surface area contributed by atoms with Crippen LogP contribution in [-0.2, 0) is 20.7 Å². The minimum Gasteiger partial charge on any atom is -0.469 e. The molecule has 1 amide bonds. The van der Waals surface area contributed by atoms with Gasteiger partial charge in [0.1, 0.15) is 5.01 Å². The number of nitrogens with one attached hydrogen (secondary N) is 1. The molecule has 1 aromatic rings. The number of carbonyl (C=O) groups excluding carboxylic acids is 2. The molecule has 0 radical (unpaired) electrons. The van der Waals surface area contributed by atoms with Gasteiger partial charge < -0.3 is 10.5 Å². The van der Waals surface area contributed by atoms with E-state index in [9.17, 15) is 9.59 Å². The molecule has 0 fully saturated rings. The van der Waals surface area contributed by atoms with Crippen molar-refractivity contribution in [2.24, 2.45) is 11.7 Å². The first-order valence-corrected chi connectivity index (χ1v) is 7.75. The molecule has 0 aromatic carbocycles. The van der Waals surface area contributed by atoms with E-state index in [0.29, 0.717) is 24.4 Å². The number of aromatic nitrogens is 2. The summed E-state index contributed by atoms with van der Waals surface area (Å²) in [6.07, 6.45) is 2.45. The summed E-state index contributed by atoms with van der Waals surface area (Å²) in [6.45, 7) is 3.92. The number of nitrogens with zero attached hydrogens (tertiary/aromatic N) is 2. The maximum Gasteiger partial charge on any atom is 0.305 e. The second-order valence-electron chi connectivity index (χ2n) is 4.83. The van der Waals surface area contributed by atoms with E-state index in [1.165, 1.54) is 18.4 Å². The Morgan fingerprint density at radius 3 is 2.68 bits per heavy atom. The van der Waals surface area contributed by atoms with E-state index in [2.05, 4.69) is 20.3 Å². The van der Waals surface area contributed by atoms with Crippen LogP contribution >= 0.6 is 23.7 Å². The summed E-state index contributed by atoms with van der Waals surface area (Å²) in [5.74, 6) is -0.383. The molecule has 0 spiro atoms. The fourth-order valence-corrected chi connectivity index (χ4v) is 2.38. The Balaban J connectivity index is 0.00000441. The average molecular weight is 351 g/mol. The SMILES string of the molecule is CCC(C)C(N)C(=O)Nc1nnc(CCCC(=O)OC)s1.Cl. The normalized spacial score (nSPS) is 12.9. The molecule has 1 rings (SSSR count). The van der Waals surface area contributed by atoms with Crippen LogP contribution in [0.25, 0.3) is 0 Å². The number of amides is 1. The molecule has 0 aliphatic heterocycles. The van der Waals surface area contributed by atoms with Crippen LogP contribution in [0.2, 0.25) is 0 Å². The first-order valence-electron chi connectivity index (χ1n) is 6.93. The third-order valence-corrected chi connectivity index (χ3v) is 4.15. The highest BCUT2D eigenvalue weighted by Crippen LogP contribution is 2.18. The number of ether oxygens (including phenoxy) is 1. The van der Waals surface area contributed by atoms with Crippen molar-refractivity contribution in [2.45, 2.75) is 45.6 Å². The van der Waals surface area contributed by atoms with Crippen LogP contribution in [0.1, 0.15) is 38.1 Å². The number of hydrogen-bond acceptors (Lipinski definition) is 7. The minimum absolute atomic E-state index is 0. The molecule has 0 aliphatic rings. The van der Waals surface area contributed by atoms with Gasteiger partial charge >= 0.3 is 5.97 Å².